The lowest BCUT2D eigenvalue weighted by atomic mass is 10.3. The molecule has 0 aromatic heterocycles. The highest BCUT2D eigenvalue weighted by atomic mass is 16.2. The van der Waals surface area contributed by atoms with Crippen molar-refractivity contribution in [3.05, 3.63) is 0 Å². The van der Waals surface area contributed by atoms with Crippen LogP contribution in [0.2, 0.25) is 0 Å². The van der Waals surface area contributed by atoms with Crippen molar-refractivity contribution < 1.29 is 9.59 Å². The summed E-state index contributed by atoms with van der Waals surface area (Å²) in [6.07, 6.45) is 0. The average molecular weight is 158 g/mol. The van der Waals surface area contributed by atoms with E-state index in [0.717, 1.165) is 0 Å². The molecule has 0 aliphatic rings. The molecular weight excluding hydrogens is 144 g/mol. The van der Waals surface area contributed by atoms with E-state index in [0.29, 0.717) is 0 Å². The van der Waals surface area contributed by atoms with Gasteiger partial charge in [-0.1, -0.05) is 0 Å². The minimum atomic E-state index is -0.241. The van der Waals surface area contributed by atoms with E-state index in [1.165, 1.54) is 6.92 Å². The Bertz CT molecular complexity index is 157. The zero-order valence-electron chi connectivity index (χ0n) is 7.10. The maximum absolute atomic E-state index is 11.0. The molecule has 0 aromatic carbocycles. The van der Waals surface area contributed by atoms with E-state index < -0.39 is 0 Å². The maximum atomic E-state index is 11.0. The number of Topliss-reactive ketones (excluding diaryl/α,β-unsaturated/α-hetero) is 1. The first-order valence-electron chi connectivity index (χ1n) is 3.52. The molecular formula is C7H14N2O2. The summed E-state index contributed by atoms with van der Waals surface area (Å²) in [6, 6.07) is -0.241. The van der Waals surface area contributed by atoms with Crippen LogP contribution in [0.15, 0.2) is 0 Å². The van der Waals surface area contributed by atoms with E-state index >= 15 is 0 Å². The number of ketones is 1. The first-order chi connectivity index (χ1) is 5.07. The normalized spacial score (nSPS) is 12.3. The average Bonchev–Trinajstić information content (AvgIpc) is 1.98. The van der Waals surface area contributed by atoms with Crippen LogP contribution in [0.25, 0.3) is 0 Å². The van der Waals surface area contributed by atoms with E-state index in [9.17, 15) is 9.59 Å². The second kappa shape index (κ2) is 4.85. The van der Waals surface area contributed by atoms with Gasteiger partial charge in [-0.15, -0.1) is 0 Å². The molecule has 1 amide bonds. The van der Waals surface area contributed by atoms with Gasteiger partial charge in [0.25, 0.3) is 0 Å². The lowest BCUT2D eigenvalue weighted by molar-refractivity contribution is -0.125. The number of carbonyl (C=O) groups excluding carboxylic acids is 2. The molecule has 11 heavy (non-hydrogen) atoms. The Hall–Kier alpha value is -0.900. The van der Waals surface area contributed by atoms with Crippen LogP contribution in [0.5, 0.6) is 0 Å². The lowest BCUT2D eigenvalue weighted by Crippen LogP contribution is -2.41. The van der Waals surface area contributed by atoms with Crippen molar-refractivity contribution in [1.29, 1.82) is 0 Å². The van der Waals surface area contributed by atoms with Gasteiger partial charge in [0.1, 0.15) is 5.78 Å². The fraction of sp³-hybridized carbons (Fsp3) is 0.714. The Morgan fingerprint density at radius 3 is 2.36 bits per heavy atom. The minimum absolute atomic E-state index is 0.0401. The summed E-state index contributed by atoms with van der Waals surface area (Å²) in [6.45, 7) is 3.28. The zero-order valence-corrected chi connectivity index (χ0v) is 7.10. The van der Waals surface area contributed by atoms with Crippen molar-refractivity contribution >= 4 is 11.7 Å². The molecule has 0 heterocycles. The van der Waals surface area contributed by atoms with E-state index in [1.54, 1.807) is 14.0 Å². The van der Waals surface area contributed by atoms with Crippen LogP contribution in [-0.2, 0) is 9.59 Å². The van der Waals surface area contributed by atoms with Gasteiger partial charge < -0.3 is 10.6 Å². The fourth-order valence-electron chi connectivity index (χ4n) is 0.496. The number of amides is 1. The quantitative estimate of drug-likeness (QED) is 0.568. The number of nitrogens with one attached hydrogen (secondary N) is 2. The Labute approximate surface area is 66.4 Å². The van der Waals surface area contributed by atoms with E-state index in [2.05, 4.69) is 10.6 Å². The van der Waals surface area contributed by atoms with Crippen molar-refractivity contribution in [3.63, 3.8) is 0 Å². The first kappa shape index (κ1) is 10.1. The standard InChI is InChI=1S/C7H14N2O2/c1-5(10)4-9-7(11)6(2)8-3/h6,8H,4H2,1-3H3,(H,9,11)/t6-/m0/s1. The third-order valence-electron chi connectivity index (χ3n) is 1.34. The number of hydrogen-bond donors (Lipinski definition) is 2. The molecule has 2 N–H and O–H groups in total. The van der Waals surface area contributed by atoms with E-state index in [-0.39, 0.29) is 24.3 Å². The van der Waals surface area contributed by atoms with Crippen LogP contribution in [0.4, 0.5) is 0 Å². The number of rotatable bonds is 4. The second-order valence-corrected chi connectivity index (χ2v) is 2.43. The third kappa shape index (κ3) is 4.50. The van der Waals surface area contributed by atoms with E-state index in [1.807, 2.05) is 0 Å². The monoisotopic (exact) mass is 158 g/mol. The van der Waals surface area contributed by atoms with Gasteiger partial charge in [-0.25, -0.2) is 0 Å². The highest BCUT2D eigenvalue weighted by Crippen LogP contribution is 1.78. The molecule has 0 rings (SSSR count). The van der Waals surface area contributed by atoms with Crippen LogP contribution < -0.4 is 10.6 Å². The van der Waals surface area contributed by atoms with Crippen LogP contribution in [-0.4, -0.2) is 31.3 Å². The SMILES string of the molecule is CN[C@@H](C)C(=O)NCC(C)=O. The topological polar surface area (TPSA) is 58.2 Å². The molecule has 0 unspecified atom stereocenters. The molecule has 0 saturated heterocycles. The largest absolute Gasteiger partial charge is 0.348 e. The zero-order chi connectivity index (χ0) is 8.85. The smallest absolute Gasteiger partial charge is 0.237 e. The van der Waals surface area contributed by atoms with Crippen molar-refractivity contribution in [2.24, 2.45) is 0 Å². The van der Waals surface area contributed by atoms with Crippen molar-refractivity contribution in [2.45, 2.75) is 19.9 Å². The van der Waals surface area contributed by atoms with Crippen LogP contribution in [0, 0.1) is 0 Å². The molecule has 64 valence electrons. The molecule has 0 fully saturated rings. The molecule has 0 radical (unpaired) electrons. The summed E-state index contributed by atoms with van der Waals surface area (Å²) >= 11 is 0. The van der Waals surface area contributed by atoms with Crippen molar-refractivity contribution in [3.8, 4) is 0 Å². The summed E-state index contributed by atoms with van der Waals surface area (Å²) in [7, 11) is 1.69. The molecule has 4 nitrogen and oxygen atoms in total. The summed E-state index contributed by atoms with van der Waals surface area (Å²) < 4.78 is 0. The van der Waals surface area contributed by atoms with E-state index in [4.69, 9.17) is 0 Å². The number of likely N-dealkylation sites (N-methyl/N-ethyl adjacent to an activating group) is 1. The van der Waals surface area contributed by atoms with Gasteiger partial charge >= 0.3 is 0 Å². The molecule has 0 aliphatic carbocycles. The van der Waals surface area contributed by atoms with Gasteiger partial charge in [-0.2, -0.15) is 0 Å². The second-order valence-electron chi connectivity index (χ2n) is 2.43. The summed E-state index contributed by atoms with van der Waals surface area (Å²) in [4.78, 5) is 21.4. The Balaban J connectivity index is 3.60. The molecule has 0 aliphatic heterocycles. The predicted octanol–water partition coefficient (Wildman–Crippen LogP) is -0.701. The highest BCUT2D eigenvalue weighted by molar-refractivity contribution is 5.86. The fourth-order valence-corrected chi connectivity index (χ4v) is 0.496. The lowest BCUT2D eigenvalue weighted by Gasteiger charge is -2.08. The molecule has 0 saturated carbocycles. The molecule has 0 aromatic rings. The Morgan fingerprint density at radius 2 is 2.00 bits per heavy atom. The summed E-state index contributed by atoms with van der Waals surface area (Å²) in [5, 5.41) is 5.25. The summed E-state index contributed by atoms with van der Waals surface area (Å²) in [5.74, 6) is -0.190. The molecule has 1 atom stereocenters. The molecule has 0 spiro atoms. The first-order valence-corrected chi connectivity index (χ1v) is 3.52. The highest BCUT2D eigenvalue weighted by Gasteiger charge is 2.08. The Kier molecular flexibility index (Phi) is 4.45. The number of carbonyl (C=O) groups is 2. The number of hydrogen-bond acceptors (Lipinski definition) is 3. The molecule has 4 heteroatoms. The van der Waals surface area contributed by atoms with Crippen molar-refractivity contribution in [1.82, 2.24) is 10.6 Å². The Morgan fingerprint density at radius 1 is 1.45 bits per heavy atom. The predicted molar refractivity (Wildman–Crippen MR) is 42.2 cm³/mol. The van der Waals surface area contributed by atoms with Crippen LogP contribution in [0.1, 0.15) is 13.8 Å². The van der Waals surface area contributed by atoms with Gasteiger partial charge in [0.05, 0.1) is 12.6 Å². The van der Waals surface area contributed by atoms with Crippen molar-refractivity contribution in [2.75, 3.05) is 13.6 Å². The maximum Gasteiger partial charge on any atom is 0.237 e. The van der Waals surface area contributed by atoms with Gasteiger partial charge in [0, 0.05) is 0 Å². The van der Waals surface area contributed by atoms with Gasteiger partial charge in [0.2, 0.25) is 5.91 Å². The van der Waals surface area contributed by atoms with Gasteiger partial charge in [-0.05, 0) is 20.9 Å². The molecule has 0 bridgehead atoms. The van der Waals surface area contributed by atoms with Crippen LogP contribution in [0.3, 0.4) is 0 Å². The van der Waals surface area contributed by atoms with Crippen LogP contribution >= 0.6 is 0 Å². The van der Waals surface area contributed by atoms with Gasteiger partial charge in [-0.3, -0.25) is 9.59 Å². The van der Waals surface area contributed by atoms with Gasteiger partial charge in [0.15, 0.2) is 0 Å². The summed E-state index contributed by atoms with van der Waals surface area (Å²) in [5.41, 5.74) is 0. The third-order valence-corrected chi connectivity index (χ3v) is 1.34. The minimum Gasteiger partial charge on any atom is -0.348 e.